The summed E-state index contributed by atoms with van der Waals surface area (Å²) in [5.41, 5.74) is 1.01. The molecule has 2 saturated heterocycles. The van der Waals surface area contributed by atoms with Crippen LogP contribution in [0.25, 0.3) is 0 Å². The van der Waals surface area contributed by atoms with Crippen LogP contribution < -0.4 is 0 Å². The molecule has 0 radical (unpaired) electrons. The molecule has 178 valence electrons. The molecule has 2 aliphatic heterocycles. The third kappa shape index (κ3) is 4.22. The highest BCUT2D eigenvalue weighted by molar-refractivity contribution is 5.65. The van der Waals surface area contributed by atoms with E-state index in [1.165, 1.54) is 17.0 Å². The summed E-state index contributed by atoms with van der Waals surface area (Å²) in [6.07, 6.45) is -3.28. The fourth-order valence-electron chi connectivity index (χ4n) is 5.75. The number of hydrogen-bond donors (Lipinski definition) is 1. The molecule has 1 aliphatic carbocycles. The fourth-order valence-corrected chi connectivity index (χ4v) is 5.75. The topological polar surface area (TPSA) is 56.2 Å². The number of piperidine rings is 1. The molecule has 0 spiro atoms. The summed E-state index contributed by atoms with van der Waals surface area (Å²) < 4.78 is 45.3. The van der Waals surface area contributed by atoms with Crippen molar-refractivity contribution in [1.82, 2.24) is 14.7 Å². The quantitative estimate of drug-likeness (QED) is 0.750. The highest BCUT2D eigenvalue weighted by atomic mass is 19.4. The molecule has 2 fully saturated rings. The molecule has 32 heavy (non-hydrogen) atoms. The van der Waals surface area contributed by atoms with Gasteiger partial charge in [-0.1, -0.05) is 6.07 Å². The molecule has 2 unspecified atom stereocenters. The zero-order chi connectivity index (χ0) is 23.3. The minimum Gasteiger partial charge on any atom is -0.465 e. The third-order valence-electron chi connectivity index (χ3n) is 7.78. The van der Waals surface area contributed by atoms with Gasteiger partial charge in [-0.25, -0.2) is 4.79 Å². The van der Waals surface area contributed by atoms with Crippen LogP contribution in [0.3, 0.4) is 0 Å². The number of amides is 1. The monoisotopic (exact) mass is 455 g/mol. The number of alkyl halides is 3. The largest absolute Gasteiger partial charge is 0.465 e. The number of halogens is 3. The number of piperazine rings is 1. The fraction of sp³-hybridized carbons (Fsp3) is 0.696. The Morgan fingerprint density at radius 3 is 2.44 bits per heavy atom. The molecular weight excluding hydrogens is 423 g/mol. The Labute approximate surface area is 186 Å². The van der Waals surface area contributed by atoms with Gasteiger partial charge in [0.15, 0.2) is 0 Å². The van der Waals surface area contributed by atoms with Gasteiger partial charge in [0.25, 0.3) is 0 Å². The van der Waals surface area contributed by atoms with Crippen molar-refractivity contribution in [3.63, 3.8) is 0 Å². The Morgan fingerprint density at radius 2 is 1.88 bits per heavy atom. The van der Waals surface area contributed by atoms with E-state index in [2.05, 4.69) is 23.6 Å². The van der Waals surface area contributed by atoms with Gasteiger partial charge in [0.1, 0.15) is 0 Å². The number of carbonyl (C=O) groups is 1. The molecule has 9 heteroatoms. The van der Waals surface area contributed by atoms with Crippen LogP contribution in [-0.4, -0.2) is 83.4 Å². The van der Waals surface area contributed by atoms with Gasteiger partial charge < -0.3 is 14.7 Å². The lowest BCUT2D eigenvalue weighted by molar-refractivity contribution is -0.137. The Kier molecular flexibility index (Phi) is 6.19. The summed E-state index contributed by atoms with van der Waals surface area (Å²) in [5.74, 6) is 0. The Morgan fingerprint density at radius 1 is 1.19 bits per heavy atom. The number of methoxy groups -OCH3 is 1. The first-order chi connectivity index (χ1) is 15.0. The maximum Gasteiger partial charge on any atom is 0.416 e. The van der Waals surface area contributed by atoms with E-state index >= 15 is 0 Å². The molecule has 1 N–H and O–H groups in total. The minimum atomic E-state index is -4.35. The summed E-state index contributed by atoms with van der Waals surface area (Å²) in [6.45, 7) is 7.95. The van der Waals surface area contributed by atoms with Crippen molar-refractivity contribution in [3.8, 4) is 0 Å². The van der Waals surface area contributed by atoms with Crippen LogP contribution in [0.4, 0.5) is 18.0 Å². The van der Waals surface area contributed by atoms with E-state index in [0.717, 1.165) is 43.6 Å². The van der Waals surface area contributed by atoms with E-state index in [1.54, 1.807) is 13.2 Å². The van der Waals surface area contributed by atoms with Gasteiger partial charge in [0, 0.05) is 57.8 Å². The van der Waals surface area contributed by atoms with Crippen LogP contribution in [0.5, 0.6) is 0 Å². The van der Waals surface area contributed by atoms with Gasteiger partial charge in [0.05, 0.1) is 17.7 Å². The van der Waals surface area contributed by atoms with Gasteiger partial charge in [-0.15, -0.1) is 0 Å². The van der Waals surface area contributed by atoms with Crippen LogP contribution in [0.15, 0.2) is 18.2 Å². The smallest absolute Gasteiger partial charge is 0.416 e. The lowest BCUT2D eigenvalue weighted by Crippen LogP contribution is -2.62. The van der Waals surface area contributed by atoms with Crippen LogP contribution in [0.2, 0.25) is 0 Å². The standard InChI is InChI=1S/C23H32F3N3O3/c1-15-14-28(22(2)6-8-27(9-7-22)21(30)31)10-11-29(15)20-18-5-4-17(23(24,25)26)12-16(18)13-19(20)32-3/h4-5,12,15,19-20H,6-11,13-14H2,1-3H3,(H,30,31)/t15-,19?,20?/m0/s1. The van der Waals surface area contributed by atoms with Crippen molar-refractivity contribution >= 4 is 6.09 Å². The zero-order valence-corrected chi connectivity index (χ0v) is 18.9. The molecule has 0 saturated carbocycles. The average molecular weight is 456 g/mol. The summed E-state index contributed by atoms with van der Waals surface area (Å²) in [7, 11) is 1.63. The first-order valence-corrected chi connectivity index (χ1v) is 11.2. The lowest BCUT2D eigenvalue weighted by atomic mass is 9.86. The maximum atomic E-state index is 13.2. The average Bonchev–Trinajstić information content (AvgIpc) is 3.11. The summed E-state index contributed by atoms with van der Waals surface area (Å²) in [5, 5.41) is 9.24. The number of rotatable bonds is 3. The predicted molar refractivity (Wildman–Crippen MR) is 114 cm³/mol. The molecule has 3 aliphatic rings. The van der Waals surface area contributed by atoms with Crippen LogP contribution in [0, 0.1) is 0 Å². The Bertz CT molecular complexity index is 855. The predicted octanol–water partition coefficient (Wildman–Crippen LogP) is 3.86. The molecule has 4 rings (SSSR count). The third-order valence-corrected chi connectivity index (χ3v) is 7.78. The van der Waals surface area contributed by atoms with Crippen LogP contribution in [0.1, 0.15) is 49.4 Å². The number of fused-ring (bicyclic) bond motifs is 1. The molecular formula is C23H32F3N3O3. The summed E-state index contributed by atoms with van der Waals surface area (Å²) in [6, 6.07) is 4.23. The zero-order valence-electron chi connectivity index (χ0n) is 18.9. The van der Waals surface area contributed by atoms with E-state index < -0.39 is 17.8 Å². The molecule has 1 aromatic carbocycles. The number of carboxylic acid groups (broad SMARTS) is 1. The first-order valence-electron chi connectivity index (χ1n) is 11.2. The van der Waals surface area contributed by atoms with Gasteiger partial charge in [0.2, 0.25) is 0 Å². The second-order valence-electron chi connectivity index (χ2n) is 9.63. The number of likely N-dealkylation sites (tertiary alicyclic amines) is 1. The Hall–Kier alpha value is -1.84. The molecule has 1 amide bonds. The maximum absolute atomic E-state index is 13.2. The second-order valence-corrected chi connectivity index (χ2v) is 9.63. The number of ether oxygens (including phenoxy) is 1. The van der Waals surface area contributed by atoms with E-state index in [0.29, 0.717) is 19.5 Å². The van der Waals surface area contributed by atoms with E-state index in [-0.39, 0.29) is 23.7 Å². The number of hydrogen-bond acceptors (Lipinski definition) is 4. The molecule has 2 heterocycles. The minimum absolute atomic E-state index is 0.0395. The van der Waals surface area contributed by atoms with E-state index in [9.17, 15) is 23.1 Å². The van der Waals surface area contributed by atoms with E-state index in [1.807, 2.05) is 0 Å². The van der Waals surface area contributed by atoms with Crippen molar-refractivity contribution < 1.29 is 27.8 Å². The SMILES string of the molecule is COC1Cc2cc(C(F)(F)F)ccc2C1N1CCN(C2(C)CCN(C(=O)O)CC2)C[C@@H]1C. The summed E-state index contributed by atoms with van der Waals surface area (Å²) in [4.78, 5) is 17.6. The molecule has 1 aromatic rings. The Balaban J connectivity index is 1.49. The van der Waals surface area contributed by atoms with Crippen molar-refractivity contribution in [2.75, 3.05) is 39.8 Å². The van der Waals surface area contributed by atoms with Crippen LogP contribution in [-0.2, 0) is 17.3 Å². The van der Waals surface area contributed by atoms with Crippen molar-refractivity contribution in [2.24, 2.45) is 0 Å². The molecule has 0 bridgehead atoms. The van der Waals surface area contributed by atoms with Gasteiger partial charge in [-0.3, -0.25) is 9.80 Å². The van der Waals surface area contributed by atoms with Crippen molar-refractivity contribution in [3.05, 3.63) is 34.9 Å². The van der Waals surface area contributed by atoms with Crippen LogP contribution >= 0.6 is 0 Å². The number of benzene rings is 1. The van der Waals surface area contributed by atoms with Gasteiger partial charge in [-0.2, -0.15) is 13.2 Å². The van der Waals surface area contributed by atoms with Crippen molar-refractivity contribution in [1.29, 1.82) is 0 Å². The lowest BCUT2D eigenvalue weighted by Gasteiger charge is -2.52. The van der Waals surface area contributed by atoms with E-state index in [4.69, 9.17) is 4.74 Å². The molecule has 0 aromatic heterocycles. The highest BCUT2D eigenvalue weighted by Crippen LogP contribution is 2.42. The molecule has 3 atom stereocenters. The summed E-state index contributed by atoms with van der Waals surface area (Å²) >= 11 is 0. The number of nitrogens with zero attached hydrogens (tertiary/aromatic N) is 3. The first kappa shape index (κ1) is 23.3. The van der Waals surface area contributed by atoms with Gasteiger partial charge >= 0.3 is 12.3 Å². The molecule has 6 nitrogen and oxygen atoms in total. The van der Waals surface area contributed by atoms with Crippen molar-refractivity contribution in [2.45, 2.75) is 63.0 Å². The highest BCUT2D eigenvalue weighted by Gasteiger charge is 2.45. The normalized spacial score (nSPS) is 29.2. The van der Waals surface area contributed by atoms with Gasteiger partial charge in [-0.05, 0) is 49.9 Å². The second kappa shape index (κ2) is 8.50.